The van der Waals surface area contributed by atoms with Gasteiger partial charge in [-0.2, -0.15) is 4.31 Å². The summed E-state index contributed by atoms with van der Waals surface area (Å²) in [7, 11) is -16.5. The van der Waals surface area contributed by atoms with Crippen LogP contribution >= 0.6 is 35.2 Å². The zero-order valence-corrected chi connectivity index (χ0v) is 45.2. The van der Waals surface area contributed by atoms with E-state index in [9.17, 15) is 63.0 Å². The Labute approximate surface area is 434 Å². The third-order valence-electron chi connectivity index (χ3n) is 10.7. The minimum absolute atomic E-state index is 0.0247. The number of aliphatic hydroxyl groups excluding tert-OH is 3. The molecular formula is C45H72N7O18P3S. The molecule has 11 N–H and O–H groups in total. The van der Waals surface area contributed by atoms with Crippen molar-refractivity contribution in [3.05, 3.63) is 73.4 Å². The van der Waals surface area contributed by atoms with Crippen LogP contribution in [0.5, 0.6) is 0 Å². The maximum atomic E-state index is 12.8. The lowest BCUT2D eigenvalue weighted by molar-refractivity contribution is -0.137. The van der Waals surface area contributed by atoms with E-state index < -0.39 is 90.7 Å². The number of phosphoric acid groups is 3. The molecule has 1 fully saturated rings. The van der Waals surface area contributed by atoms with Crippen molar-refractivity contribution in [3.63, 3.8) is 0 Å². The number of allylic oxidation sites excluding steroid dienone is 10. The molecule has 1 aliphatic heterocycles. The van der Waals surface area contributed by atoms with Crippen molar-refractivity contribution in [2.24, 2.45) is 5.41 Å². The Balaban J connectivity index is 1.28. The first kappa shape index (κ1) is 64.5. The van der Waals surface area contributed by atoms with Gasteiger partial charge in [0.2, 0.25) is 11.8 Å². The minimum atomic E-state index is -5.60. The van der Waals surface area contributed by atoms with Gasteiger partial charge in [-0.1, -0.05) is 106 Å². The summed E-state index contributed by atoms with van der Waals surface area (Å²) in [5.41, 5.74) is 4.24. The molecule has 25 nitrogen and oxygen atoms in total. The Morgan fingerprint density at radius 3 is 2.09 bits per heavy atom. The predicted octanol–water partition coefficient (Wildman–Crippen LogP) is 5.12. The Morgan fingerprint density at radius 2 is 1.47 bits per heavy atom. The van der Waals surface area contributed by atoms with Gasteiger partial charge in [0.1, 0.15) is 36.3 Å². The van der Waals surface area contributed by atoms with Crippen molar-refractivity contribution in [1.29, 1.82) is 0 Å². The number of phosphoric ester groups is 3. The first-order valence-corrected chi connectivity index (χ1v) is 29.4. The molecule has 3 rings (SSSR count). The van der Waals surface area contributed by atoms with E-state index in [-0.39, 0.29) is 53.8 Å². The van der Waals surface area contributed by atoms with Crippen LogP contribution in [0.4, 0.5) is 5.82 Å². The van der Waals surface area contributed by atoms with E-state index in [1.807, 2.05) is 12.2 Å². The van der Waals surface area contributed by atoms with Crippen molar-refractivity contribution >= 4 is 69.1 Å². The number of unbranched alkanes of at least 4 members (excludes halogenated alkanes) is 3. The summed E-state index contributed by atoms with van der Waals surface area (Å²) in [5, 5.41) is 36.6. The molecule has 0 spiro atoms. The first-order valence-electron chi connectivity index (χ1n) is 23.9. The number of hydrogen-bond donors (Lipinski definition) is 10. The van der Waals surface area contributed by atoms with Crippen molar-refractivity contribution < 1.29 is 85.6 Å². The van der Waals surface area contributed by atoms with Gasteiger partial charge in [-0.25, -0.2) is 28.6 Å². The number of ether oxygens (including phenoxy) is 1. The summed E-state index contributed by atoms with van der Waals surface area (Å²) in [6, 6.07) is 0. The number of nitrogens with one attached hydrogen (secondary N) is 2. The average Bonchev–Trinajstić information content (AvgIpc) is 3.89. The van der Waals surface area contributed by atoms with Crippen LogP contribution in [0, 0.1) is 5.41 Å². The minimum Gasteiger partial charge on any atom is -0.393 e. The lowest BCUT2D eigenvalue weighted by Gasteiger charge is -2.30. The monoisotopic (exact) mass is 1120 g/mol. The number of hydrogen-bond acceptors (Lipinski definition) is 19. The van der Waals surface area contributed by atoms with E-state index in [0.717, 1.165) is 61.1 Å². The standard InChI is InChI=1S/C45H72N7O18P3S/c1-4-5-6-7-8-9-10-11-12-13-14-15-16-17-18-19-20-21-22-23-33(53)28-36(55)74-27-26-47-35(54)24-25-48-43(58)40(57)45(2,3)30-67-73(64,65)70-72(62,63)66-29-34-39(69-71(59,60)61)38(56)44(68-34)52-32-51-37-41(46)49-31-50-42(37)52/h8-9,11-12,14-15,17-18,20-21,31-34,38-40,44,53,56-57H,4-7,10,13,16,19,22-30H2,1-3H3,(H,47,54)(H,48,58)(H,62,63)(H,64,65)(H2,46,49,50)(H2,59,60,61)/b9-8-,12-11-,15-14-,18-17-,21-20-/t33?,34-,38-,39-,40?,44-/m1/s1. The number of fused-ring (bicyclic) bond motifs is 1. The molecule has 2 aromatic heterocycles. The van der Waals surface area contributed by atoms with Gasteiger partial charge >= 0.3 is 23.5 Å². The van der Waals surface area contributed by atoms with Crippen LogP contribution in [0.2, 0.25) is 0 Å². The number of aromatic nitrogens is 4. The van der Waals surface area contributed by atoms with Crippen LogP contribution in [0.3, 0.4) is 0 Å². The third-order valence-corrected chi connectivity index (χ3v) is 14.7. The number of nitrogen functional groups attached to an aromatic ring is 1. The second-order valence-corrected chi connectivity index (χ2v) is 22.9. The molecule has 0 radical (unpaired) electrons. The number of aliphatic hydroxyl groups is 3. The van der Waals surface area contributed by atoms with Crippen LogP contribution < -0.4 is 16.4 Å². The molecule has 2 aromatic rings. The summed E-state index contributed by atoms with van der Waals surface area (Å²) < 4.78 is 62.5. The predicted molar refractivity (Wildman–Crippen MR) is 275 cm³/mol. The summed E-state index contributed by atoms with van der Waals surface area (Å²) in [6.45, 7) is 2.55. The van der Waals surface area contributed by atoms with Crippen LogP contribution in [0.25, 0.3) is 11.2 Å². The van der Waals surface area contributed by atoms with Gasteiger partial charge in [0, 0.05) is 37.1 Å². The molecule has 4 unspecified atom stereocenters. The van der Waals surface area contributed by atoms with Gasteiger partial charge in [-0.3, -0.25) is 32.5 Å². The Morgan fingerprint density at radius 1 is 0.865 bits per heavy atom. The third kappa shape index (κ3) is 24.9. The maximum Gasteiger partial charge on any atom is 0.481 e. The summed E-state index contributed by atoms with van der Waals surface area (Å²) in [5.74, 6) is -1.28. The fourth-order valence-corrected chi connectivity index (χ4v) is 10.3. The van der Waals surface area contributed by atoms with Crippen LogP contribution in [0.15, 0.2) is 73.4 Å². The summed E-state index contributed by atoms with van der Waals surface area (Å²) in [4.78, 5) is 88.6. The van der Waals surface area contributed by atoms with Gasteiger partial charge in [-0.15, -0.1) is 0 Å². The zero-order valence-electron chi connectivity index (χ0n) is 41.7. The molecular weight excluding hydrogens is 1050 g/mol. The van der Waals surface area contributed by atoms with Gasteiger partial charge in [-0.05, 0) is 51.4 Å². The highest BCUT2D eigenvalue weighted by molar-refractivity contribution is 8.13. The number of carbonyl (C=O) groups is 3. The number of carbonyl (C=O) groups excluding carboxylic acids is 3. The molecule has 74 heavy (non-hydrogen) atoms. The van der Waals surface area contributed by atoms with Crippen molar-refractivity contribution in [1.82, 2.24) is 30.2 Å². The molecule has 1 saturated heterocycles. The number of imidazole rings is 1. The van der Waals surface area contributed by atoms with Gasteiger partial charge in [0.15, 0.2) is 22.8 Å². The second-order valence-electron chi connectivity index (χ2n) is 17.5. The molecule has 416 valence electrons. The molecule has 0 aromatic carbocycles. The van der Waals surface area contributed by atoms with Crippen LogP contribution in [0.1, 0.15) is 104 Å². The SMILES string of the molecule is CCCCC/C=C\C/C=C\C/C=C\C/C=C\C/C=C\CCC(O)CC(=O)SCCNC(=O)CCNC(=O)C(O)C(C)(C)COP(=O)(O)OP(=O)(O)OC[C@H]1O[C@@H](n2cnc3c(N)ncnc32)[C@H](O)[C@@H]1OP(=O)(O)O. The Kier molecular flexibility index (Phi) is 28.5. The number of amides is 2. The molecule has 0 aliphatic carbocycles. The average molecular weight is 1120 g/mol. The maximum absolute atomic E-state index is 12.8. The fraction of sp³-hybridized carbons (Fsp3) is 0.600. The number of rotatable bonds is 36. The molecule has 1 aliphatic rings. The van der Waals surface area contributed by atoms with Gasteiger partial charge < -0.3 is 56.0 Å². The van der Waals surface area contributed by atoms with E-state index >= 15 is 0 Å². The van der Waals surface area contributed by atoms with E-state index in [1.165, 1.54) is 33.1 Å². The quantitative estimate of drug-likeness (QED) is 0.0240. The highest BCUT2D eigenvalue weighted by Crippen LogP contribution is 2.61. The molecule has 3 heterocycles. The number of nitrogens with zero attached hydrogens (tertiary/aromatic N) is 4. The molecule has 29 heteroatoms. The van der Waals surface area contributed by atoms with E-state index in [0.29, 0.717) is 12.8 Å². The van der Waals surface area contributed by atoms with Crippen molar-refractivity contribution in [2.75, 3.05) is 37.8 Å². The molecule has 8 atom stereocenters. The molecule has 0 bridgehead atoms. The lowest BCUT2D eigenvalue weighted by Crippen LogP contribution is -2.46. The van der Waals surface area contributed by atoms with Crippen LogP contribution in [-0.2, 0) is 50.7 Å². The smallest absolute Gasteiger partial charge is 0.393 e. The highest BCUT2D eigenvalue weighted by atomic mass is 32.2. The Hall–Kier alpha value is -3.78. The largest absolute Gasteiger partial charge is 0.481 e. The van der Waals surface area contributed by atoms with Crippen LogP contribution in [-0.4, -0.2) is 134 Å². The summed E-state index contributed by atoms with van der Waals surface area (Å²) in [6.07, 6.45) is 22.9. The van der Waals surface area contributed by atoms with Crippen molar-refractivity contribution in [3.8, 4) is 0 Å². The molecule has 2 amide bonds. The van der Waals surface area contributed by atoms with E-state index in [1.54, 1.807) is 0 Å². The topological polar surface area (TPSA) is 384 Å². The molecule has 0 saturated carbocycles. The van der Waals surface area contributed by atoms with E-state index in [2.05, 4.69) is 90.0 Å². The van der Waals surface area contributed by atoms with Crippen molar-refractivity contribution in [2.45, 2.75) is 135 Å². The van der Waals surface area contributed by atoms with E-state index in [4.69, 9.17) is 19.5 Å². The zero-order chi connectivity index (χ0) is 54.8. The van der Waals surface area contributed by atoms with Gasteiger partial charge in [0.05, 0.1) is 25.6 Å². The lowest BCUT2D eigenvalue weighted by atomic mass is 9.87. The van der Waals surface area contributed by atoms with Gasteiger partial charge in [0.25, 0.3) is 0 Å². The fourth-order valence-electron chi connectivity index (χ4n) is 6.77. The summed E-state index contributed by atoms with van der Waals surface area (Å²) >= 11 is 0.966. The Bertz CT molecular complexity index is 2380. The first-order chi connectivity index (χ1) is 34.9. The second kappa shape index (κ2) is 32.7. The number of anilines is 1. The highest BCUT2D eigenvalue weighted by Gasteiger charge is 2.50. The number of nitrogens with two attached hydrogens (primary N) is 1. The normalized spacial score (nSPS) is 20.3. The number of thioether (sulfide) groups is 1.